The van der Waals surface area contributed by atoms with Gasteiger partial charge in [0.2, 0.25) is 0 Å². The number of benzene rings is 1. The summed E-state index contributed by atoms with van der Waals surface area (Å²) in [6, 6.07) is 7.30. The van der Waals surface area contributed by atoms with E-state index in [1.54, 1.807) is 22.9 Å². The number of phenols is 1. The summed E-state index contributed by atoms with van der Waals surface area (Å²) in [4.78, 5) is 1.20. The molecule has 0 heterocycles. The van der Waals surface area contributed by atoms with E-state index in [0.29, 0.717) is 5.75 Å². The van der Waals surface area contributed by atoms with Crippen LogP contribution in [0.25, 0.3) is 0 Å². The first-order chi connectivity index (χ1) is 5.83. The number of phenolic OH excluding ortho intramolecular Hbond substituents is 1. The first-order valence-corrected chi connectivity index (χ1v) is 6.23. The molecule has 1 N–H and O–H groups in total. The maximum atomic E-state index is 9.01. The lowest BCUT2D eigenvalue weighted by atomic mass is 10.3. The molecule has 1 nitrogen and oxygen atoms in total. The van der Waals surface area contributed by atoms with Gasteiger partial charge in [0.25, 0.3) is 0 Å². The van der Waals surface area contributed by atoms with Crippen LogP contribution in [0.4, 0.5) is 0 Å². The smallest absolute Gasteiger partial charge is 0.115 e. The number of hydrogen-bond donors (Lipinski definition) is 1. The van der Waals surface area contributed by atoms with Crippen LogP contribution in [0.1, 0.15) is 13.3 Å². The fraction of sp³-hybridized carbons (Fsp3) is 0.333. The van der Waals surface area contributed by atoms with Gasteiger partial charge in [-0.3, -0.25) is 0 Å². The molecule has 0 spiro atoms. The molecular formula is C9H12OS2. The van der Waals surface area contributed by atoms with Crippen molar-refractivity contribution in [1.29, 1.82) is 0 Å². The average molecular weight is 200 g/mol. The average Bonchev–Trinajstić information content (AvgIpc) is 2.09. The maximum absolute atomic E-state index is 9.01. The second-order valence-corrected chi connectivity index (χ2v) is 4.89. The van der Waals surface area contributed by atoms with Crippen LogP contribution in [0.2, 0.25) is 0 Å². The SMILES string of the molecule is CCCSSc1ccc(O)cc1. The van der Waals surface area contributed by atoms with Crippen molar-refractivity contribution in [3.05, 3.63) is 24.3 Å². The zero-order valence-electron chi connectivity index (χ0n) is 6.99. The van der Waals surface area contributed by atoms with Crippen molar-refractivity contribution in [3.63, 3.8) is 0 Å². The molecule has 0 unspecified atom stereocenters. The number of hydrogen-bond acceptors (Lipinski definition) is 3. The molecule has 0 radical (unpaired) electrons. The van der Waals surface area contributed by atoms with Crippen molar-refractivity contribution in [2.24, 2.45) is 0 Å². The molecule has 0 aromatic heterocycles. The lowest BCUT2D eigenvalue weighted by Crippen LogP contribution is -1.70. The van der Waals surface area contributed by atoms with E-state index < -0.39 is 0 Å². The highest BCUT2D eigenvalue weighted by Gasteiger charge is 1.93. The molecule has 12 heavy (non-hydrogen) atoms. The normalized spacial score (nSPS) is 10.1. The zero-order valence-corrected chi connectivity index (χ0v) is 8.62. The van der Waals surface area contributed by atoms with Gasteiger partial charge in [0.05, 0.1) is 0 Å². The van der Waals surface area contributed by atoms with Gasteiger partial charge >= 0.3 is 0 Å². The van der Waals surface area contributed by atoms with Gasteiger partial charge < -0.3 is 5.11 Å². The largest absolute Gasteiger partial charge is 0.508 e. The van der Waals surface area contributed by atoms with E-state index in [2.05, 4.69) is 6.92 Å². The Morgan fingerprint density at radius 1 is 1.25 bits per heavy atom. The van der Waals surface area contributed by atoms with Crippen molar-refractivity contribution in [3.8, 4) is 5.75 Å². The maximum Gasteiger partial charge on any atom is 0.115 e. The summed E-state index contributed by atoms with van der Waals surface area (Å²) in [5.74, 6) is 1.51. The first-order valence-electron chi connectivity index (χ1n) is 3.91. The Hall–Kier alpha value is -0.280. The summed E-state index contributed by atoms with van der Waals surface area (Å²) in [5, 5.41) is 9.01. The summed E-state index contributed by atoms with van der Waals surface area (Å²) < 4.78 is 0. The highest BCUT2D eigenvalue weighted by Crippen LogP contribution is 2.31. The lowest BCUT2D eigenvalue weighted by molar-refractivity contribution is 0.475. The Labute approximate surface area is 81.0 Å². The quantitative estimate of drug-likeness (QED) is 0.593. The molecule has 3 heteroatoms. The summed E-state index contributed by atoms with van der Waals surface area (Å²) in [6.07, 6.45) is 1.20. The molecule has 0 aliphatic carbocycles. The van der Waals surface area contributed by atoms with Gasteiger partial charge in [-0.25, -0.2) is 0 Å². The van der Waals surface area contributed by atoms with Gasteiger partial charge in [-0.2, -0.15) is 0 Å². The van der Waals surface area contributed by atoms with E-state index in [4.69, 9.17) is 5.11 Å². The highest BCUT2D eigenvalue weighted by molar-refractivity contribution is 8.76. The summed E-state index contributed by atoms with van der Waals surface area (Å²) >= 11 is 0. The van der Waals surface area contributed by atoms with Crippen LogP contribution < -0.4 is 0 Å². The van der Waals surface area contributed by atoms with E-state index in [-0.39, 0.29) is 0 Å². The third kappa shape index (κ3) is 3.41. The van der Waals surface area contributed by atoms with Crippen LogP contribution in [-0.2, 0) is 0 Å². The molecular weight excluding hydrogens is 188 g/mol. The van der Waals surface area contributed by atoms with E-state index in [0.717, 1.165) is 0 Å². The third-order valence-electron chi connectivity index (χ3n) is 1.28. The Morgan fingerprint density at radius 3 is 2.50 bits per heavy atom. The van der Waals surface area contributed by atoms with Crippen molar-refractivity contribution in [2.45, 2.75) is 18.2 Å². The third-order valence-corrected chi connectivity index (χ3v) is 3.87. The number of aromatic hydroxyl groups is 1. The monoisotopic (exact) mass is 200 g/mol. The number of rotatable bonds is 4. The molecule has 66 valence electrons. The second-order valence-electron chi connectivity index (χ2n) is 2.40. The Balaban J connectivity index is 2.37. The second kappa shape index (κ2) is 5.38. The van der Waals surface area contributed by atoms with Gasteiger partial charge in [0.1, 0.15) is 5.75 Å². The molecule has 0 bridgehead atoms. The minimum Gasteiger partial charge on any atom is -0.508 e. The van der Waals surface area contributed by atoms with Gasteiger partial charge in [-0.1, -0.05) is 28.5 Å². The summed E-state index contributed by atoms with van der Waals surface area (Å²) in [7, 11) is 3.61. The Bertz CT molecular complexity index is 220. The molecule has 0 aliphatic rings. The Kier molecular flexibility index (Phi) is 4.40. The van der Waals surface area contributed by atoms with Crippen LogP contribution in [0.3, 0.4) is 0 Å². The summed E-state index contributed by atoms with van der Waals surface area (Å²) in [5.41, 5.74) is 0. The van der Waals surface area contributed by atoms with Crippen LogP contribution >= 0.6 is 21.6 Å². The van der Waals surface area contributed by atoms with E-state index in [9.17, 15) is 0 Å². The molecule has 0 saturated heterocycles. The first kappa shape index (κ1) is 9.81. The zero-order chi connectivity index (χ0) is 8.81. The van der Waals surface area contributed by atoms with Crippen LogP contribution in [0, 0.1) is 0 Å². The van der Waals surface area contributed by atoms with E-state index in [1.807, 2.05) is 22.9 Å². The van der Waals surface area contributed by atoms with Crippen molar-refractivity contribution in [2.75, 3.05) is 5.75 Å². The fourth-order valence-corrected chi connectivity index (χ4v) is 2.82. The fourth-order valence-electron chi connectivity index (χ4n) is 0.695. The van der Waals surface area contributed by atoms with E-state index >= 15 is 0 Å². The standard InChI is InChI=1S/C9H12OS2/c1-2-7-11-12-9-5-3-8(10)4-6-9/h3-6,10H,2,7H2,1H3. The molecule has 1 aromatic carbocycles. The minimum atomic E-state index is 0.333. The molecule has 0 aliphatic heterocycles. The molecule has 0 fully saturated rings. The van der Waals surface area contributed by atoms with Gasteiger partial charge in [-0.15, -0.1) is 0 Å². The molecule has 0 amide bonds. The molecule has 0 saturated carbocycles. The van der Waals surface area contributed by atoms with Crippen molar-refractivity contribution >= 4 is 21.6 Å². The molecule has 1 aromatic rings. The predicted molar refractivity (Wildman–Crippen MR) is 56.7 cm³/mol. The van der Waals surface area contributed by atoms with Crippen molar-refractivity contribution < 1.29 is 5.11 Å². The van der Waals surface area contributed by atoms with Crippen LogP contribution in [0.15, 0.2) is 29.2 Å². The summed E-state index contributed by atoms with van der Waals surface area (Å²) in [6.45, 7) is 2.17. The highest BCUT2D eigenvalue weighted by atomic mass is 33.1. The predicted octanol–water partition coefficient (Wildman–Crippen LogP) is 3.54. The molecule has 1 rings (SSSR count). The van der Waals surface area contributed by atoms with Gasteiger partial charge in [0, 0.05) is 10.6 Å². The van der Waals surface area contributed by atoms with Crippen molar-refractivity contribution in [1.82, 2.24) is 0 Å². The Morgan fingerprint density at radius 2 is 1.92 bits per heavy atom. The molecule has 0 atom stereocenters. The van der Waals surface area contributed by atoms with Crippen LogP contribution in [0.5, 0.6) is 5.75 Å². The van der Waals surface area contributed by atoms with Crippen LogP contribution in [-0.4, -0.2) is 10.9 Å². The van der Waals surface area contributed by atoms with Gasteiger partial charge in [-0.05, 0) is 30.7 Å². The van der Waals surface area contributed by atoms with Gasteiger partial charge in [0.15, 0.2) is 0 Å². The topological polar surface area (TPSA) is 20.2 Å². The minimum absolute atomic E-state index is 0.333. The van der Waals surface area contributed by atoms with E-state index in [1.165, 1.54) is 17.1 Å². The lowest BCUT2D eigenvalue weighted by Gasteiger charge is -1.98.